The first-order chi connectivity index (χ1) is 10.3. The molecule has 4 nitrogen and oxygen atoms in total. The minimum Gasteiger partial charge on any atom is -0.398 e. The molecule has 124 valence electrons. The van der Waals surface area contributed by atoms with E-state index in [2.05, 4.69) is 4.90 Å². The number of nitrogens with zero attached hydrogens (tertiary/aromatic N) is 1. The second-order valence-corrected chi connectivity index (χ2v) is 7.73. The van der Waals surface area contributed by atoms with Crippen LogP contribution in [0.3, 0.4) is 0 Å². The molecule has 0 aromatic heterocycles. The second-order valence-electron chi connectivity index (χ2n) is 7.73. The second kappa shape index (κ2) is 5.89. The summed E-state index contributed by atoms with van der Waals surface area (Å²) in [7, 11) is -0.829. The molecule has 2 saturated heterocycles. The Morgan fingerprint density at radius 3 is 2.23 bits per heavy atom. The fourth-order valence-electron chi connectivity index (χ4n) is 3.22. The van der Waals surface area contributed by atoms with Gasteiger partial charge in [-0.15, -0.1) is 0 Å². The van der Waals surface area contributed by atoms with E-state index in [0.29, 0.717) is 5.92 Å². The van der Waals surface area contributed by atoms with E-state index in [9.17, 15) is 4.39 Å². The fourth-order valence-corrected chi connectivity index (χ4v) is 3.22. The van der Waals surface area contributed by atoms with E-state index in [1.807, 2.05) is 27.7 Å². The van der Waals surface area contributed by atoms with E-state index in [0.717, 1.165) is 51.3 Å². The van der Waals surface area contributed by atoms with Gasteiger partial charge in [0, 0.05) is 19.6 Å². The molecule has 2 aliphatic heterocycles. The van der Waals surface area contributed by atoms with Crippen LogP contribution in [0.15, 0.2) is 11.3 Å². The lowest BCUT2D eigenvalue weighted by molar-refractivity contribution is 0.00578. The summed E-state index contributed by atoms with van der Waals surface area (Å²) in [4.78, 5) is 2.41. The summed E-state index contributed by atoms with van der Waals surface area (Å²) < 4.78 is 31.5. The summed E-state index contributed by atoms with van der Waals surface area (Å²) in [5, 5.41) is 0. The average molecular weight is 311 g/mol. The van der Waals surface area contributed by atoms with Crippen LogP contribution in [-0.2, 0) is 14.0 Å². The predicted molar refractivity (Wildman–Crippen MR) is 84.2 cm³/mol. The topological polar surface area (TPSA) is 30.9 Å². The summed E-state index contributed by atoms with van der Waals surface area (Å²) in [5.74, 6) is 0.557. The molecule has 0 N–H and O–H groups in total. The number of hydrogen-bond acceptors (Lipinski definition) is 4. The molecule has 0 atom stereocenters. The van der Waals surface area contributed by atoms with Crippen molar-refractivity contribution >= 4 is 7.12 Å². The normalized spacial score (nSPS) is 31.2. The van der Waals surface area contributed by atoms with Gasteiger partial charge in [-0.25, -0.2) is 4.39 Å². The van der Waals surface area contributed by atoms with Crippen molar-refractivity contribution in [2.45, 2.75) is 51.7 Å². The Hall–Kier alpha value is -0.425. The predicted octanol–water partition coefficient (Wildman–Crippen LogP) is 2.58. The molecule has 0 aromatic rings. The molecule has 6 heteroatoms. The van der Waals surface area contributed by atoms with Crippen molar-refractivity contribution in [2.75, 3.05) is 32.8 Å². The Morgan fingerprint density at radius 1 is 1.14 bits per heavy atom. The maximum atomic E-state index is 14.6. The minimum absolute atomic E-state index is 0.197. The molecule has 22 heavy (non-hydrogen) atoms. The van der Waals surface area contributed by atoms with Crippen LogP contribution in [0.4, 0.5) is 4.39 Å². The molecule has 0 bridgehead atoms. The molecule has 3 rings (SSSR count). The van der Waals surface area contributed by atoms with Crippen LogP contribution in [0, 0.1) is 5.92 Å². The van der Waals surface area contributed by atoms with Crippen molar-refractivity contribution in [1.29, 1.82) is 0 Å². The van der Waals surface area contributed by atoms with Crippen LogP contribution in [0.5, 0.6) is 0 Å². The van der Waals surface area contributed by atoms with Crippen LogP contribution in [0.1, 0.15) is 40.5 Å². The first-order valence-electron chi connectivity index (χ1n) is 8.32. The summed E-state index contributed by atoms with van der Waals surface area (Å²) in [6, 6.07) is 0. The lowest BCUT2D eigenvalue weighted by Crippen LogP contribution is -2.41. The monoisotopic (exact) mass is 311 g/mol. The largest absolute Gasteiger partial charge is 0.525 e. The molecule has 2 heterocycles. The Balaban J connectivity index is 1.53. The van der Waals surface area contributed by atoms with Crippen molar-refractivity contribution in [2.24, 2.45) is 5.92 Å². The molecular weight excluding hydrogens is 284 g/mol. The van der Waals surface area contributed by atoms with Gasteiger partial charge in [0.1, 0.15) is 5.73 Å². The van der Waals surface area contributed by atoms with Crippen molar-refractivity contribution in [3.8, 4) is 0 Å². The molecule has 1 aliphatic carbocycles. The fraction of sp³-hybridized carbons (Fsp3) is 0.875. The Morgan fingerprint density at radius 2 is 1.68 bits per heavy atom. The molecule has 3 aliphatic rings. The van der Waals surface area contributed by atoms with Crippen molar-refractivity contribution in [3.05, 3.63) is 11.3 Å². The van der Waals surface area contributed by atoms with Crippen molar-refractivity contribution in [3.63, 3.8) is 0 Å². The van der Waals surface area contributed by atoms with Gasteiger partial charge >= 0.3 is 7.12 Å². The number of allylic oxidation sites excluding steroid dienone is 1. The molecule has 0 unspecified atom stereocenters. The third kappa shape index (κ3) is 3.11. The lowest BCUT2D eigenvalue weighted by atomic mass is 9.72. The average Bonchev–Trinajstić information content (AvgIpc) is 2.63. The molecule has 0 amide bonds. The van der Waals surface area contributed by atoms with Crippen molar-refractivity contribution in [1.82, 2.24) is 4.90 Å². The van der Waals surface area contributed by atoms with Crippen LogP contribution in [-0.4, -0.2) is 56.1 Å². The SMILES string of the molecule is CC1(C)OB(C(F)=C2CC(CN3CCOCC3)C2)OC1(C)C. The number of hydrogen-bond donors (Lipinski definition) is 0. The molecule has 3 fully saturated rings. The molecule has 1 saturated carbocycles. The number of morpholine rings is 1. The summed E-state index contributed by atoms with van der Waals surface area (Å²) in [6.07, 6.45) is 1.65. The summed E-state index contributed by atoms with van der Waals surface area (Å²) in [5.41, 5.74) is -0.285. The summed E-state index contributed by atoms with van der Waals surface area (Å²) >= 11 is 0. The van der Waals surface area contributed by atoms with Gasteiger partial charge in [-0.1, -0.05) is 0 Å². The maximum absolute atomic E-state index is 14.6. The molecule has 0 radical (unpaired) electrons. The van der Waals surface area contributed by atoms with Gasteiger partial charge in [0.15, 0.2) is 0 Å². The highest BCUT2D eigenvalue weighted by atomic mass is 19.1. The van der Waals surface area contributed by atoms with Gasteiger partial charge in [-0.05, 0) is 52.0 Å². The van der Waals surface area contributed by atoms with Crippen LogP contribution >= 0.6 is 0 Å². The van der Waals surface area contributed by atoms with Crippen molar-refractivity contribution < 1.29 is 18.4 Å². The van der Waals surface area contributed by atoms with Gasteiger partial charge in [0.2, 0.25) is 0 Å². The molecule has 0 spiro atoms. The highest BCUT2D eigenvalue weighted by Gasteiger charge is 2.54. The third-order valence-electron chi connectivity index (χ3n) is 5.49. The van der Waals surface area contributed by atoms with E-state index in [1.165, 1.54) is 0 Å². The maximum Gasteiger partial charge on any atom is 0.525 e. The van der Waals surface area contributed by atoms with Crippen LogP contribution < -0.4 is 0 Å². The van der Waals surface area contributed by atoms with E-state index in [1.54, 1.807) is 0 Å². The highest BCUT2D eigenvalue weighted by molar-refractivity contribution is 6.53. The Bertz CT molecular complexity index is 436. The zero-order chi connectivity index (χ0) is 16.0. The van der Waals surface area contributed by atoms with Gasteiger partial charge in [0.25, 0.3) is 0 Å². The zero-order valence-corrected chi connectivity index (χ0v) is 14.2. The minimum atomic E-state index is -0.829. The van der Waals surface area contributed by atoms with Crippen LogP contribution in [0.2, 0.25) is 0 Å². The van der Waals surface area contributed by atoms with E-state index < -0.39 is 18.3 Å². The number of halogens is 1. The van der Waals surface area contributed by atoms with Gasteiger partial charge < -0.3 is 14.0 Å². The Kier molecular flexibility index (Phi) is 4.40. The van der Waals surface area contributed by atoms with Crippen LogP contribution in [0.25, 0.3) is 0 Å². The summed E-state index contributed by atoms with van der Waals surface area (Å²) in [6.45, 7) is 12.5. The quantitative estimate of drug-likeness (QED) is 0.750. The first kappa shape index (κ1) is 16.4. The van der Waals surface area contributed by atoms with Gasteiger partial charge in [-0.3, -0.25) is 4.90 Å². The highest BCUT2D eigenvalue weighted by Crippen LogP contribution is 2.43. The Labute approximate surface area is 133 Å². The first-order valence-corrected chi connectivity index (χ1v) is 8.32. The number of ether oxygens (including phenoxy) is 1. The van der Waals surface area contributed by atoms with E-state index in [-0.39, 0.29) is 5.73 Å². The smallest absolute Gasteiger partial charge is 0.398 e. The van der Waals surface area contributed by atoms with E-state index in [4.69, 9.17) is 14.0 Å². The third-order valence-corrected chi connectivity index (χ3v) is 5.49. The lowest BCUT2D eigenvalue weighted by Gasteiger charge is -2.36. The number of rotatable bonds is 3. The van der Waals surface area contributed by atoms with Gasteiger partial charge in [-0.2, -0.15) is 0 Å². The van der Waals surface area contributed by atoms with E-state index >= 15 is 0 Å². The standard InChI is InChI=1S/C16H27BFNO3/c1-15(2)16(3,4)22-17(21-15)14(18)13-9-12(10-13)11-19-5-7-20-8-6-19/h12H,5-11H2,1-4H3. The molecular formula is C16H27BFNO3. The van der Waals surface area contributed by atoms with Gasteiger partial charge in [0.05, 0.1) is 24.4 Å². The molecule has 0 aromatic carbocycles. The zero-order valence-electron chi connectivity index (χ0n) is 14.2.